The lowest BCUT2D eigenvalue weighted by molar-refractivity contribution is -0.110. The molecule has 98 valence electrons. The third-order valence-electron chi connectivity index (χ3n) is 1.96. The molecule has 0 saturated carbocycles. The number of hydrogen-bond donors (Lipinski definition) is 0. The average Bonchev–Trinajstić information content (AvgIpc) is 2.29. The second kappa shape index (κ2) is 5.48. The van der Waals surface area contributed by atoms with Crippen LogP contribution in [0.1, 0.15) is 20.8 Å². The molecular weight excluding hydrogens is 234 g/mol. The van der Waals surface area contributed by atoms with Gasteiger partial charge >= 0.3 is 6.09 Å². The van der Waals surface area contributed by atoms with Crippen LogP contribution in [0, 0.1) is 0 Å². The monoisotopic (exact) mass is 251 g/mol. The van der Waals surface area contributed by atoms with E-state index >= 15 is 0 Å². The van der Waals surface area contributed by atoms with E-state index in [1.807, 2.05) is 0 Å². The Morgan fingerprint density at radius 2 is 2.06 bits per heavy atom. The van der Waals surface area contributed by atoms with Gasteiger partial charge in [-0.15, -0.1) is 0 Å². The number of aromatic nitrogens is 1. The van der Waals surface area contributed by atoms with Crippen molar-refractivity contribution in [2.24, 2.45) is 0 Å². The van der Waals surface area contributed by atoms with Crippen LogP contribution in [0.4, 0.5) is 10.6 Å². The number of hydrogen-bond acceptors (Lipinski definition) is 4. The van der Waals surface area contributed by atoms with Crippen molar-refractivity contribution in [3.63, 3.8) is 0 Å². The van der Waals surface area contributed by atoms with Crippen molar-refractivity contribution >= 4 is 18.3 Å². The van der Waals surface area contributed by atoms with E-state index in [0.29, 0.717) is 12.2 Å². The number of ether oxygens (including phenoxy) is 1. The summed E-state index contributed by atoms with van der Waals surface area (Å²) in [6.45, 7) is 5.26. The first-order valence-corrected chi connectivity index (χ1v) is 5.47. The highest BCUT2D eigenvalue weighted by Gasteiger charge is 2.24. The van der Waals surface area contributed by atoms with E-state index in [1.54, 1.807) is 39.0 Å². The van der Waals surface area contributed by atoms with Crippen LogP contribution < -0.4 is 5.01 Å². The Morgan fingerprint density at radius 3 is 2.50 bits per heavy atom. The number of amides is 2. The van der Waals surface area contributed by atoms with Crippen molar-refractivity contribution in [1.82, 2.24) is 9.99 Å². The zero-order chi connectivity index (χ0) is 13.8. The Balaban J connectivity index is 2.84. The molecule has 6 nitrogen and oxygen atoms in total. The van der Waals surface area contributed by atoms with Crippen LogP contribution in [0.25, 0.3) is 0 Å². The standard InChI is InChI=1S/C12H17N3O3/c1-12(2,3)18-11(17)14(4)15(9-16)10-7-5-6-8-13-10/h5-9H,1-4H3. The molecule has 1 aromatic heterocycles. The van der Waals surface area contributed by atoms with E-state index in [2.05, 4.69) is 4.98 Å². The minimum Gasteiger partial charge on any atom is -0.442 e. The summed E-state index contributed by atoms with van der Waals surface area (Å²) < 4.78 is 5.16. The normalized spacial score (nSPS) is 10.7. The van der Waals surface area contributed by atoms with E-state index in [0.717, 1.165) is 10.0 Å². The second-order valence-corrected chi connectivity index (χ2v) is 4.64. The maximum atomic E-state index is 11.8. The molecule has 0 fully saturated rings. The van der Waals surface area contributed by atoms with Crippen molar-refractivity contribution in [3.8, 4) is 0 Å². The van der Waals surface area contributed by atoms with Crippen LogP contribution in [0.2, 0.25) is 0 Å². The molecule has 0 radical (unpaired) electrons. The van der Waals surface area contributed by atoms with E-state index < -0.39 is 11.7 Å². The second-order valence-electron chi connectivity index (χ2n) is 4.64. The highest BCUT2D eigenvalue weighted by molar-refractivity contribution is 5.80. The van der Waals surface area contributed by atoms with Gasteiger partial charge in [0.25, 0.3) is 0 Å². The number of rotatable bonds is 3. The van der Waals surface area contributed by atoms with Gasteiger partial charge in [-0.2, -0.15) is 0 Å². The van der Waals surface area contributed by atoms with Gasteiger partial charge in [0, 0.05) is 13.2 Å². The molecule has 0 bridgehead atoms. The molecule has 0 aliphatic carbocycles. The summed E-state index contributed by atoms with van der Waals surface area (Å²) in [7, 11) is 1.44. The number of carbonyl (C=O) groups is 2. The zero-order valence-corrected chi connectivity index (χ0v) is 11.0. The highest BCUT2D eigenvalue weighted by Crippen LogP contribution is 2.13. The van der Waals surface area contributed by atoms with Gasteiger partial charge in [-0.25, -0.2) is 19.8 Å². The fraction of sp³-hybridized carbons (Fsp3) is 0.417. The first kappa shape index (κ1) is 14.0. The molecule has 0 atom stereocenters. The summed E-state index contributed by atoms with van der Waals surface area (Å²) in [6, 6.07) is 5.07. The van der Waals surface area contributed by atoms with Crippen LogP contribution >= 0.6 is 0 Å². The predicted molar refractivity (Wildman–Crippen MR) is 66.8 cm³/mol. The fourth-order valence-electron chi connectivity index (χ4n) is 1.18. The Morgan fingerprint density at radius 1 is 1.39 bits per heavy atom. The molecule has 0 saturated heterocycles. The number of anilines is 1. The third-order valence-corrected chi connectivity index (χ3v) is 1.96. The molecule has 6 heteroatoms. The Labute approximate surface area is 106 Å². The van der Waals surface area contributed by atoms with Gasteiger partial charge in [0.05, 0.1) is 0 Å². The largest absolute Gasteiger partial charge is 0.442 e. The lowest BCUT2D eigenvalue weighted by atomic mass is 10.2. The smallest absolute Gasteiger partial charge is 0.429 e. The summed E-state index contributed by atoms with van der Waals surface area (Å²) in [6.07, 6.45) is 1.42. The van der Waals surface area contributed by atoms with Crippen LogP contribution in [0.5, 0.6) is 0 Å². The maximum absolute atomic E-state index is 11.8. The maximum Gasteiger partial charge on any atom is 0.429 e. The SMILES string of the molecule is CN(C(=O)OC(C)(C)C)N(C=O)c1ccccn1. The number of nitrogens with zero attached hydrogens (tertiary/aromatic N) is 3. The minimum atomic E-state index is -0.625. The quantitative estimate of drug-likeness (QED) is 0.607. The summed E-state index contributed by atoms with van der Waals surface area (Å²) in [5.74, 6) is 0.348. The van der Waals surface area contributed by atoms with Gasteiger partial charge in [0.15, 0.2) is 5.82 Å². The molecule has 0 spiro atoms. The van der Waals surface area contributed by atoms with Gasteiger partial charge in [0.1, 0.15) is 5.60 Å². The van der Waals surface area contributed by atoms with Crippen LogP contribution in [0.15, 0.2) is 24.4 Å². The topological polar surface area (TPSA) is 62.7 Å². The molecule has 18 heavy (non-hydrogen) atoms. The van der Waals surface area contributed by atoms with Crippen LogP contribution in [0.3, 0.4) is 0 Å². The van der Waals surface area contributed by atoms with Crippen LogP contribution in [-0.4, -0.2) is 35.1 Å². The van der Waals surface area contributed by atoms with E-state index in [-0.39, 0.29) is 0 Å². The molecule has 0 aliphatic heterocycles. The molecule has 1 rings (SSSR count). The summed E-state index contributed by atoms with van der Waals surface area (Å²) in [4.78, 5) is 26.9. The van der Waals surface area contributed by atoms with Crippen molar-refractivity contribution in [2.45, 2.75) is 26.4 Å². The highest BCUT2D eigenvalue weighted by atomic mass is 16.6. The Kier molecular flexibility index (Phi) is 4.25. The molecule has 0 unspecified atom stereocenters. The van der Waals surface area contributed by atoms with E-state index in [4.69, 9.17) is 4.74 Å². The van der Waals surface area contributed by atoms with Crippen LogP contribution in [-0.2, 0) is 9.53 Å². The van der Waals surface area contributed by atoms with Gasteiger partial charge in [-0.3, -0.25) is 4.79 Å². The van der Waals surface area contributed by atoms with Crippen molar-refractivity contribution in [1.29, 1.82) is 0 Å². The number of carbonyl (C=O) groups excluding carboxylic acids is 2. The van der Waals surface area contributed by atoms with Crippen molar-refractivity contribution in [3.05, 3.63) is 24.4 Å². The minimum absolute atomic E-state index is 0.348. The molecule has 0 aromatic carbocycles. The summed E-state index contributed by atoms with van der Waals surface area (Å²) >= 11 is 0. The lowest BCUT2D eigenvalue weighted by Crippen LogP contribution is -2.46. The molecule has 2 amide bonds. The number of hydrazine groups is 1. The third kappa shape index (κ3) is 3.73. The Bertz CT molecular complexity index is 414. The average molecular weight is 251 g/mol. The van der Waals surface area contributed by atoms with Gasteiger partial charge in [0.2, 0.25) is 6.41 Å². The molecule has 0 aliphatic rings. The summed E-state index contributed by atoms with van der Waals surface area (Å²) in [5.41, 5.74) is -0.621. The molecule has 1 aromatic rings. The summed E-state index contributed by atoms with van der Waals surface area (Å²) in [5, 5.41) is 2.15. The Hall–Kier alpha value is -2.11. The molecule has 0 N–H and O–H groups in total. The zero-order valence-electron chi connectivity index (χ0n) is 11.0. The molecule has 1 heterocycles. The fourth-order valence-corrected chi connectivity index (χ4v) is 1.18. The van der Waals surface area contributed by atoms with E-state index in [9.17, 15) is 9.59 Å². The molecular formula is C12H17N3O3. The van der Waals surface area contributed by atoms with Gasteiger partial charge < -0.3 is 4.74 Å². The van der Waals surface area contributed by atoms with Gasteiger partial charge in [-0.1, -0.05) is 6.07 Å². The van der Waals surface area contributed by atoms with Gasteiger partial charge in [-0.05, 0) is 32.9 Å². The first-order valence-electron chi connectivity index (χ1n) is 5.47. The van der Waals surface area contributed by atoms with Crippen molar-refractivity contribution in [2.75, 3.05) is 12.1 Å². The number of pyridine rings is 1. The lowest BCUT2D eigenvalue weighted by Gasteiger charge is -2.29. The first-order chi connectivity index (χ1) is 8.35. The van der Waals surface area contributed by atoms with Crippen molar-refractivity contribution < 1.29 is 14.3 Å². The van der Waals surface area contributed by atoms with E-state index in [1.165, 1.54) is 13.2 Å². The predicted octanol–water partition coefficient (Wildman–Crippen LogP) is 1.83.